The van der Waals surface area contributed by atoms with Gasteiger partial charge in [0.25, 0.3) is 5.03 Å². The first-order chi connectivity index (χ1) is 12.2. The van der Waals surface area contributed by atoms with Crippen molar-refractivity contribution in [1.82, 2.24) is 4.90 Å². The maximum atomic E-state index is 12.7. The number of hydrogen-bond donors (Lipinski definition) is 0. The van der Waals surface area contributed by atoms with Crippen molar-refractivity contribution in [1.29, 1.82) is 0 Å². The fourth-order valence-electron chi connectivity index (χ4n) is 2.38. The molecule has 1 aromatic carbocycles. The predicted molar refractivity (Wildman–Crippen MR) is 95.5 cm³/mol. The molecule has 0 aliphatic carbocycles. The molecule has 3 aromatic rings. The van der Waals surface area contributed by atoms with Crippen molar-refractivity contribution in [3.8, 4) is 0 Å². The third kappa shape index (κ3) is 4.87. The van der Waals surface area contributed by atoms with E-state index in [1.54, 1.807) is 35.4 Å². The average molecular weight is 354 g/mol. The van der Waals surface area contributed by atoms with Crippen LogP contribution in [0.15, 0.2) is 82.6 Å². The first kappa shape index (κ1) is 17.1. The van der Waals surface area contributed by atoms with Crippen LogP contribution in [-0.4, -0.2) is 16.6 Å². The molecule has 0 saturated heterocycles. The van der Waals surface area contributed by atoms with Gasteiger partial charge in [-0.2, -0.15) is 4.73 Å². The second-order valence-corrected chi connectivity index (χ2v) is 6.46. The Labute approximate surface area is 150 Å². The van der Waals surface area contributed by atoms with E-state index in [1.807, 2.05) is 36.4 Å². The first-order valence-electron chi connectivity index (χ1n) is 7.87. The molecule has 0 atom stereocenters. The molecule has 25 heavy (non-hydrogen) atoms. The molecule has 0 aliphatic rings. The Hall–Kier alpha value is -2.73. The molecular weight excluding hydrogens is 336 g/mol. The minimum absolute atomic E-state index is 0.0471. The van der Waals surface area contributed by atoms with Gasteiger partial charge in [0.05, 0.1) is 18.6 Å². The summed E-state index contributed by atoms with van der Waals surface area (Å²) in [5.41, 5.74) is 1.05. The van der Waals surface area contributed by atoms with Gasteiger partial charge in [-0.05, 0) is 35.5 Å². The normalized spacial score (nSPS) is 10.6. The Bertz CT molecular complexity index is 807. The molecule has 0 radical (unpaired) electrons. The van der Waals surface area contributed by atoms with Crippen LogP contribution in [0.1, 0.15) is 11.3 Å². The Morgan fingerprint density at radius 1 is 1.04 bits per heavy atom. The summed E-state index contributed by atoms with van der Waals surface area (Å²) in [6.45, 7) is 0.889. The minimum atomic E-state index is -0.0471. The molecular formula is C19H18N2O3S. The summed E-state index contributed by atoms with van der Waals surface area (Å²) in [4.78, 5) is 14.4. The summed E-state index contributed by atoms with van der Waals surface area (Å²) in [5, 5.41) is 12.2. The lowest BCUT2D eigenvalue weighted by Crippen LogP contribution is -2.33. The molecule has 0 saturated carbocycles. The number of aromatic nitrogens is 1. The SMILES string of the molecule is O=C(CSc1cccc[n+]1[O-])N(Cc1ccccc1)Cc1ccco1. The summed E-state index contributed by atoms with van der Waals surface area (Å²) in [7, 11) is 0. The molecule has 0 fully saturated rings. The number of benzene rings is 1. The fraction of sp³-hybridized carbons (Fsp3) is 0.158. The number of hydrogen-bond acceptors (Lipinski definition) is 4. The molecule has 2 heterocycles. The van der Waals surface area contributed by atoms with Gasteiger partial charge in [-0.15, -0.1) is 0 Å². The van der Waals surface area contributed by atoms with Crippen LogP contribution in [0.3, 0.4) is 0 Å². The van der Waals surface area contributed by atoms with Crippen LogP contribution in [0.5, 0.6) is 0 Å². The van der Waals surface area contributed by atoms with E-state index in [2.05, 4.69) is 0 Å². The van der Waals surface area contributed by atoms with Crippen LogP contribution in [0.2, 0.25) is 0 Å². The monoisotopic (exact) mass is 354 g/mol. The van der Waals surface area contributed by atoms with Crippen molar-refractivity contribution < 1.29 is 13.9 Å². The number of rotatable bonds is 7. The zero-order valence-corrected chi connectivity index (χ0v) is 14.4. The number of nitrogens with zero attached hydrogens (tertiary/aromatic N) is 2. The van der Waals surface area contributed by atoms with Crippen LogP contribution in [0, 0.1) is 5.21 Å². The molecule has 0 N–H and O–H groups in total. The van der Waals surface area contributed by atoms with Gasteiger partial charge in [0.1, 0.15) is 5.76 Å². The molecule has 5 nitrogen and oxygen atoms in total. The molecule has 6 heteroatoms. The average Bonchev–Trinajstić information content (AvgIpc) is 3.14. The second-order valence-electron chi connectivity index (χ2n) is 5.47. The number of carbonyl (C=O) groups excluding carboxylic acids is 1. The lowest BCUT2D eigenvalue weighted by atomic mass is 10.2. The van der Waals surface area contributed by atoms with E-state index in [1.165, 1.54) is 18.0 Å². The van der Waals surface area contributed by atoms with Gasteiger partial charge in [0, 0.05) is 18.7 Å². The van der Waals surface area contributed by atoms with Crippen molar-refractivity contribution in [3.05, 3.63) is 89.7 Å². The molecule has 1 amide bonds. The highest BCUT2D eigenvalue weighted by Gasteiger charge is 2.18. The van der Waals surface area contributed by atoms with E-state index < -0.39 is 0 Å². The predicted octanol–water partition coefficient (Wildman–Crippen LogP) is 3.23. The summed E-state index contributed by atoms with van der Waals surface area (Å²) < 4.78 is 6.15. The third-order valence-electron chi connectivity index (χ3n) is 3.63. The quantitative estimate of drug-likeness (QED) is 0.371. The van der Waals surface area contributed by atoms with E-state index in [-0.39, 0.29) is 11.7 Å². The van der Waals surface area contributed by atoms with Crippen molar-refractivity contribution >= 4 is 17.7 Å². The van der Waals surface area contributed by atoms with Gasteiger partial charge in [-0.3, -0.25) is 4.79 Å². The van der Waals surface area contributed by atoms with E-state index in [9.17, 15) is 10.0 Å². The van der Waals surface area contributed by atoms with Crippen molar-refractivity contribution in [3.63, 3.8) is 0 Å². The molecule has 3 rings (SSSR count). The number of furan rings is 1. The molecule has 0 bridgehead atoms. The van der Waals surface area contributed by atoms with Gasteiger partial charge < -0.3 is 14.5 Å². The zero-order valence-electron chi connectivity index (χ0n) is 13.6. The standard InChI is InChI=1S/C19H18N2O3S/c22-18(15-25-19-10-4-5-11-21(19)23)20(14-17-9-6-12-24-17)13-16-7-2-1-3-8-16/h1-12H,13-15H2. The van der Waals surface area contributed by atoms with Gasteiger partial charge in [0.15, 0.2) is 6.20 Å². The van der Waals surface area contributed by atoms with Gasteiger partial charge in [-0.25, -0.2) is 0 Å². The number of carbonyl (C=O) groups is 1. The number of pyridine rings is 1. The molecule has 128 valence electrons. The number of amides is 1. The summed E-state index contributed by atoms with van der Waals surface area (Å²) in [6.07, 6.45) is 3.02. The summed E-state index contributed by atoms with van der Waals surface area (Å²) in [5.74, 6) is 0.877. The largest absolute Gasteiger partial charge is 0.618 e. The Morgan fingerprint density at radius 3 is 2.56 bits per heavy atom. The van der Waals surface area contributed by atoms with E-state index in [0.717, 1.165) is 16.1 Å². The van der Waals surface area contributed by atoms with Gasteiger partial charge in [-0.1, -0.05) is 30.3 Å². The summed E-state index contributed by atoms with van der Waals surface area (Å²) in [6, 6.07) is 18.6. The Balaban J connectivity index is 1.69. The van der Waals surface area contributed by atoms with Crippen molar-refractivity contribution in [2.24, 2.45) is 0 Å². The maximum Gasteiger partial charge on any atom is 0.251 e. The Kier molecular flexibility index (Phi) is 5.74. The van der Waals surface area contributed by atoms with E-state index in [4.69, 9.17) is 4.42 Å². The zero-order chi connectivity index (χ0) is 17.5. The smallest absolute Gasteiger partial charge is 0.251 e. The van der Waals surface area contributed by atoms with Crippen LogP contribution in [0.4, 0.5) is 0 Å². The van der Waals surface area contributed by atoms with Crippen molar-refractivity contribution in [2.45, 2.75) is 18.1 Å². The minimum Gasteiger partial charge on any atom is -0.618 e. The lowest BCUT2D eigenvalue weighted by molar-refractivity contribution is -0.645. The van der Waals surface area contributed by atoms with Crippen LogP contribution in [-0.2, 0) is 17.9 Å². The maximum absolute atomic E-state index is 12.7. The van der Waals surface area contributed by atoms with E-state index >= 15 is 0 Å². The van der Waals surface area contributed by atoms with E-state index in [0.29, 0.717) is 18.1 Å². The highest BCUT2D eigenvalue weighted by atomic mass is 32.2. The molecule has 0 spiro atoms. The number of thioether (sulfide) groups is 1. The van der Waals surface area contributed by atoms with Crippen molar-refractivity contribution in [2.75, 3.05) is 5.75 Å². The lowest BCUT2D eigenvalue weighted by Gasteiger charge is -2.21. The van der Waals surface area contributed by atoms with Gasteiger partial charge in [0.2, 0.25) is 5.91 Å². The fourth-order valence-corrected chi connectivity index (χ4v) is 3.19. The first-order valence-corrected chi connectivity index (χ1v) is 8.86. The van der Waals surface area contributed by atoms with Gasteiger partial charge >= 0.3 is 0 Å². The topological polar surface area (TPSA) is 60.4 Å². The van der Waals surface area contributed by atoms with Crippen LogP contribution >= 0.6 is 11.8 Å². The second kappa shape index (κ2) is 8.39. The molecule has 0 unspecified atom stereocenters. The summed E-state index contributed by atoms with van der Waals surface area (Å²) >= 11 is 1.24. The van der Waals surface area contributed by atoms with Crippen LogP contribution < -0.4 is 4.73 Å². The Morgan fingerprint density at radius 2 is 1.84 bits per heavy atom. The highest BCUT2D eigenvalue weighted by Crippen LogP contribution is 2.16. The molecule has 0 aliphatic heterocycles. The highest BCUT2D eigenvalue weighted by molar-refractivity contribution is 7.99. The molecule has 2 aromatic heterocycles. The van der Waals surface area contributed by atoms with Crippen LogP contribution in [0.25, 0.3) is 0 Å². The third-order valence-corrected chi connectivity index (χ3v) is 4.63.